The second kappa shape index (κ2) is 12.2. The number of hydrogen-bond acceptors (Lipinski definition) is 6. The Hall–Kier alpha value is -2.09. The SMILES string of the molecule is CN=C(NCc1cccc(S(=O)(=O)NCCOC)c1)N(C)Cc1ccc2c(c1)OCO2.I. The van der Waals surface area contributed by atoms with Gasteiger partial charge in [-0.25, -0.2) is 13.1 Å². The molecule has 0 aliphatic carbocycles. The second-order valence-corrected chi connectivity index (χ2v) is 8.75. The largest absolute Gasteiger partial charge is 0.454 e. The standard InChI is InChI=1S/C21H28N4O5S.HI/c1-22-21(25(2)14-17-7-8-19-20(12-17)30-15-29-19)23-13-16-5-4-6-18(11-16)31(26,27)24-9-10-28-3;/h4-8,11-12,24H,9-10,13-15H2,1-3H3,(H,22,23);1H. The van der Waals surface area contributed by atoms with Crippen molar-refractivity contribution in [1.29, 1.82) is 0 Å². The third kappa shape index (κ3) is 6.95. The lowest BCUT2D eigenvalue weighted by atomic mass is 10.2. The van der Waals surface area contributed by atoms with Crippen molar-refractivity contribution >= 4 is 40.0 Å². The van der Waals surface area contributed by atoms with Crippen molar-refractivity contribution in [2.45, 2.75) is 18.0 Å². The molecule has 176 valence electrons. The number of halogens is 1. The Morgan fingerprint density at radius 1 is 1.16 bits per heavy atom. The van der Waals surface area contributed by atoms with Gasteiger partial charge in [-0.3, -0.25) is 4.99 Å². The van der Waals surface area contributed by atoms with Crippen molar-refractivity contribution in [3.05, 3.63) is 53.6 Å². The first-order valence-corrected chi connectivity index (χ1v) is 11.3. The van der Waals surface area contributed by atoms with E-state index in [2.05, 4.69) is 15.0 Å². The molecule has 2 aromatic carbocycles. The quantitative estimate of drug-likeness (QED) is 0.204. The van der Waals surface area contributed by atoms with Crippen molar-refractivity contribution < 1.29 is 22.6 Å². The molecule has 0 radical (unpaired) electrons. The highest BCUT2D eigenvalue weighted by Crippen LogP contribution is 2.32. The van der Waals surface area contributed by atoms with Gasteiger partial charge >= 0.3 is 0 Å². The Morgan fingerprint density at radius 3 is 2.69 bits per heavy atom. The maximum Gasteiger partial charge on any atom is 0.240 e. The Bertz CT molecular complexity index is 1030. The number of hydrogen-bond donors (Lipinski definition) is 2. The molecule has 9 nitrogen and oxygen atoms in total. The zero-order valence-corrected chi connectivity index (χ0v) is 21.5. The molecule has 0 spiro atoms. The average Bonchev–Trinajstić information content (AvgIpc) is 3.22. The number of aliphatic imine (C=N–C) groups is 1. The molecule has 32 heavy (non-hydrogen) atoms. The minimum absolute atomic E-state index is 0. The van der Waals surface area contributed by atoms with E-state index in [-0.39, 0.29) is 42.2 Å². The van der Waals surface area contributed by atoms with Crippen LogP contribution >= 0.6 is 24.0 Å². The van der Waals surface area contributed by atoms with Gasteiger partial charge in [-0.05, 0) is 35.4 Å². The van der Waals surface area contributed by atoms with Crippen molar-refractivity contribution in [2.75, 3.05) is 41.1 Å². The van der Waals surface area contributed by atoms with E-state index in [1.54, 1.807) is 25.2 Å². The van der Waals surface area contributed by atoms with Gasteiger partial charge in [0, 0.05) is 40.8 Å². The maximum absolute atomic E-state index is 12.4. The molecular weight excluding hydrogens is 547 g/mol. The van der Waals surface area contributed by atoms with Crippen molar-refractivity contribution in [1.82, 2.24) is 14.9 Å². The molecular formula is C21H29IN4O5S. The molecule has 1 aliphatic heterocycles. The summed E-state index contributed by atoms with van der Waals surface area (Å²) in [5.41, 5.74) is 1.89. The lowest BCUT2D eigenvalue weighted by Gasteiger charge is -2.22. The van der Waals surface area contributed by atoms with E-state index >= 15 is 0 Å². The molecule has 3 rings (SSSR count). The van der Waals surface area contributed by atoms with Crippen LogP contribution in [-0.4, -0.2) is 60.4 Å². The highest BCUT2D eigenvalue weighted by atomic mass is 127. The van der Waals surface area contributed by atoms with Crippen LogP contribution in [0.3, 0.4) is 0 Å². The Balaban J connectivity index is 0.00000363. The van der Waals surface area contributed by atoms with Gasteiger partial charge in [0.15, 0.2) is 17.5 Å². The van der Waals surface area contributed by atoms with Gasteiger partial charge in [-0.15, -0.1) is 24.0 Å². The lowest BCUT2D eigenvalue weighted by molar-refractivity contribution is 0.174. The predicted molar refractivity (Wildman–Crippen MR) is 133 cm³/mol. The number of benzene rings is 2. The number of guanidine groups is 1. The first-order valence-electron chi connectivity index (χ1n) is 9.81. The van der Waals surface area contributed by atoms with E-state index in [1.807, 2.05) is 36.2 Å². The van der Waals surface area contributed by atoms with Crippen molar-refractivity contribution in [3.63, 3.8) is 0 Å². The highest BCUT2D eigenvalue weighted by molar-refractivity contribution is 14.0. The Morgan fingerprint density at radius 2 is 1.94 bits per heavy atom. The molecule has 1 aliphatic rings. The van der Waals surface area contributed by atoms with Crippen LogP contribution in [0.2, 0.25) is 0 Å². The maximum atomic E-state index is 12.4. The minimum atomic E-state index is -3.58. The predicted octanol–water partition coefficient (Wildman–Crippen LogP) is 2.17. The van der Waals surface area contributed by atoms with Crippen LogP contribution in [0.25, 0.3) is 0 Å². The summed E-state index contributed by atoms with van der Waals surface area (Å²) < 4.78 is 43.0. The monoisotopic (exact) mass is 576 g/mol. The van der Waals surface area contributed by atoms with Crippen molar-refractivity contribution in [3.8, 4) is 11.5 Å². The summed E-state index contributed by atoms with van der Waals surface area (Å²) in [5, 5.41) is 3.27. The molecule has 0 aromatic heterocycles. The molecule has 11 heteroatoms. The van der Waals surface area contributed by atoms with E-state index in [1.165, 1.54) is 7.11 Å². The van der Waals surface area contributed by atoms with Crippen molar-refractivity contribution in [2.24, 2.45) is 4.99 Å². The van der Waals surface area contributed by atoms with E-state index < -0.39 is 10.0 Å². The van der Waals surface area contributed by atoms with Gasteiger partial charge in [-0.1, -0.05) is 18.2 Å². The van der Waals surface area contributed by atoms with E-state index in [4.69, 9.17) is 14.2 Å². The number of methoxy groups -OCH3 is 1. The van der Waals surface area contributed by atoms with Crippen LogP contribution in [0.15, 0.2) is 52.4 Å². The van der Waals surface area contributed by atoms with E-state index in [9.17, 15) is 8.42 Å². The molecule has 2 N–H and O–H groups in total. The summed E-state index contributed by atoms with van der Waals surface area (Å²) in [4.78, 5) is 6.51. The first kappa shape index (κ1) is 26.2. The molecule has 0 saturated carbocycles. The highest BCUT2D eigenvalue weighted by Gasteiger charge is 2.16. The van der Waals surface area contributed by atoms with Crippen LogP contribution in [-0.2, 0) is 27.8 Å². The molecule has 0 saturated heterocycles. The third-order valence-corrected chi connectivity index (χ3v) is 6.15. The van der Waals surface area contributed by atoms with Gasteiger partial charge in [0.2, 0.25) is 16.8 Å². The lowest BCUT2D eigenvalue weighted by Crippen LogP contribution is -2.38. The molecule has 2 aromatic rings. The Labute approximate surface area is 206 Å². The zero-order valence-electron chi connectivity index (χ0n) is 18.3. The zero-order chi connectivity index (χ0) is 22.3. The molecule has 0 bridgehead atoms. The van der Waals surface area contributed by atoms with Crippen LogP contribution < -0.4 is 19.5 Å². The fraction of sp³-hybridized carbons (Fsp3) is 0.381. The number of nitrogens with zero attached hydrogens (tertiary/aromatic N) is 2. The van der Waals surface area contributed by atoms with Gasteiger partial charge in [-0.2, -0.15) is 0 Å². The van der Waals surface area contributed by atoms with Crippen LogP contribution in [0.1, 0.15) is 11.1 Å². The third-order valence-electron chi connectivity index (χ3n) is 4.69. The number of sulfonamides is 1. The molecule has 1 heterocycles. The number of nitrogens with one attached hydrogen (secondary N) is 2. The summed E-state index contributed by atoms with van der Waals surface area (Å²) in [7, 11) is 1.58. The Kier molecular flexibility index (Phi) is 10.0. The number of fused-ring (bicyclic) bond motifs is 1. The average molecular weight is 576 g/mol. The van der Waals surface area contributed by atoms with E-state index in [0.717, 1.165) is 22.6 Å². The fourth-order valence-electron chi connectivity index (χ4n) is 3.14. The fourth-order valence-corrected chi connectivity index (χ4v) is 4.22. The van der Waals surface area contributed by atoms with Crippen LogP contribution in [0.5, 0.6) is 11.5 Å². The summed E-state index contributed by atoms with van der Waals surface area (Å²) in [6.45, 7) is 1.83. The first-order chi connectivity index (χ1) is 14.9. The molecule has 0 fully saturated rings. The van der Waals surface area contributed by atoms with Crippen LogP contribution in [0, 0.1) is 0 Å². The van der Waals surface area contributed by atoms with Gasteiger partial charge < -0.3 is 24.4 Å². The molecule has 0 amide bonds. The van der Waals surface area contributed by atoms with Gasteiger partial charge in [0.25, 0.3) is 0 Å². The van der Waals surface area contributed by atoms with Gasteiger partial charge in [0.05, 0.1) is 11.5 Å². The summed E-state index contributed by atoms with van der Waals surface area (Å²) in [5.74, 6) is 2.18. The molecule has 0 unspecified atom stereocenters. The van der Waals surface area contributed by atoms with Crippen LogP contribution in [0.4, 0.5) is 0 Å². The number of rotatable bonds is 9. The smallest absolute Gasteiger partial charge is 0.240 e. The minimum Gasteiger partial charge on any atom is -0.454 e. The topological polar surface area (TPSA) is 101 Å². The summed E-state index contributed by atoms with van der Waals surface area (Å²) in [6, 6.07) is 12.6. The van der Waals surface area contributed by atoms with E-state index in [0.29, 0.717) is 25.7 Å². The molecule has 0 atom stereocenters. The summed E-state index contributed by atoms with van der Waals surface area (Å²) in [6.07, 6.45) is 0. The van der Waals surface area contributed by atoms with Gasteiger partial charge in [0.1, 0.15) is 0 Å². The normalized spacial score (nSPS) is 12.9. The summed E-state index contributed by atoms with van der Waals surface area (Å²) >= 11 is 0. The second-order valence-electron chi connectivity index (χ2n) is 6.98. The number of ether oxygens (including phenoxy) is 3.